The smallest absolute Gasteiger partial charge is 0.166 e. The monoisotopic (exact) mass is 257 g/mol. The lowest BCUT2D eigenvalue weighted by Crippen LogP contribution is -2.25. The molecule has 1 fully saturated rings. The first-order valence-electron chi connectivity index (χ1n) is 5.64. The fourth-order valence-corrected chi connectivity index (χ4v) is 2.01. The molecule has 1 saturated carbocycles. The highest BCUT2D eigenvalue weighted by atomic mass is 35.5. The van der Waals surface area contributed by atoms with Crippen LogP contribution < -0.4 is 15.0 Å². The Morgan fingerprint density at radius 3 is 2.76 bits per heavy atom. The van der Waals surface area contributed by atoms with Crippen molar-refractivity contribution >= 4 is 11.6 Å². The zero-order valence-corrected chi connectivity index (χ0v) is 10.5. The molecule has 1 aromatic rings. The lowest BCUT2D eigenvalue weighted by Gasteiger charge is -2.28. The Morgan fingerprint density at radius 1 is 1.47 bits per heavy atom. The highest BCUT2D eigenvalue weighted by Crippen LogP contribution is 2.37. The summed E-state index contributed by atoms with van der Waals surface area (Å²) in [5, 5.41) is 9.38. The lowest BCUT2D eigenvalue weighted by molar-refractivity contribution is 0.111. The fraction of sp³-hybridized carbons (Fsp3) is 0.500. The maximum Gasteiger partial charge on any atom is 0.166 e. The van der Waals surface area contributed by atoms with Crippen molar-refractivity contribution < 1.29 is 14.7 Å². The summed E-state index contributed by atoms with van der Waals surface area (Å²) < 4.78 is 11.1. The Hall–Kier alpha value is -0.970. The van der Waals surface area contributed by atoms with E-state index in [9.17, 15) is 0 Å². The van der Waals surface area contributed by atoms with Crippen molar-refractivity contribution in [1.29, 1.82) is 0 Å². The first-order chi connectivity index (χ1) is 8.24. The zero-order chi connectivity index (χ0) is 12.3. The van der Waals surface area contributed by atoms with Crippen LogP contribution in [0.5, 0.6) is 11.5 Å². The van der Waals surface area contributed by atoms with Crippen LogP contribution in [0.2, 0.25) is 5.02 Å². The molecule has 17 heavy (non-hydrogen) atoms. The van der Waals surface area contributed by atoms with Gasteiger partial charge in [0, 0.05) is 23.2 Å². The van der Waals surface area contributed by atoms with Gasteiger partial charge in [0.2, 0.25) is 0 Å². The van der Waals surface area contributed by atoms with Crippen molar-refractivity contribution in [3.05, 3.63) is 22.7 Å². The fourth-order valence-electron chi connectivity index (χ4n) is 1.78. The molecular weight excluding hydrogens is 242 g/mol. The van der Waals surface area contributed by atoms with Crippen molar-refractivity contribution in [1.82, 2.24) is 5.48 Å². The van der Waals surface area contributed by atoms with Crippen molar-refractivity contribution in [3.63, 3.8) is 0 Å². The van der Waals surface area contributed by atoms with E-state index in [-0.39, 0.29) is 12.6 Å². The van der Waals surface area contributed by atoms with Crippen molar-refractivity contribution in [2.45, 2.75) is 31.9 Å². The number of ether oxygens (including phenoxy) is 2. The number of benzene rings is 1. The van der Waals surface area contributed by atoms with Crippen LogP contribution in [0.3, 0.4) is 0 Å². The number of methoxy groups -OCH3 is 1. The Bertz CT molecular complexity index is 394. The normalized spacial score (nSPS) is 15.5. The Morgan fingerprint density at radius 2 is 2.24 bits per heavy atom. The van der Waals surface area contributed by atoms with Crippen LogP contribution >= 0.6 is 11.6 Å². The van der Waals surface area contributed by atoms with Gasteiger partial charge in [-0.05, 0) is 25.3 Å². The largest absolute Gasteiger partial charge is 0.493 e. The van der Waals surface area contributed by atoms with Crippen LogP contribution in [0.25, 0.3) is 0 Å². The molecule has 1 aliphatic rings. The Balaban J connectivity index is 2.29. The van der Waals surface area contributed by atoms with Crippen LogP contribution in [-0.4, -0.2) is 18.4 Å². The van der Waals surface area contributed by atoms with Gasteiger partial charge in [-0.25, -0.2) is 5.48 Å². The van der Waals surface area contributed by atoms with Crippen LogP contribution in [0.4, 0.5) is 0 Å². The summed E-state index contributed by atoms with van der Waals surface area (Å²) in [5.74, 6) is 1.28. The average molecular weight is 258 g/mol. The summed E-state index contributed by atoms with van der Waals surface area (Å²) in [4.78, 5) is 0. The van der Waals surface area contributed by atoms with Crippen LogP contribution in [0.15, 0.2) is 12.1 Å². The minimum atomic E-state index is 0.252. The SMILES string of the molecule is COc1cc(Cl)cc(CNO)c1OC1CCC1. The molecule has 2 rings (SSSR count). The van der Waals surface area contributed by atoms with Crippen LogP contribution in [0.1, 0.15) is 24.8 Å². The van der Waals surface area contributed by atoms with E-state index in [2.05, 4.69) is 5.48 Å². The van der Waals surface area contributed by atoms with Gasteiger partial charge in [-0.15, -0.1) is 0 Å². The molecule has 1 aromatic carbocycles. The van der Waals surface area contributed by atoms with Crippen molar-refractivity contribution in [2.75, 3.05) is 7.11 Å². The van der Waals surface area contributed by atoms with Gasteiger partial charge in [-0.1, -0.05) is 11.6 Å². The third-order valence-electron chi connectivity index (χ3n) is 2.92. The number of hydrogen-bond donors (Lipinski definition) is 2. The van der Waals surface area contributed by atoms with Gasteiger partial charge in [0.1, 0.15) is 0 Å². The maximum atomic E-state index is 8.81. The first-order valence-corrected chi connectivity index (χ1v) is 6.02. The van der Waals surface area contributed by atoms with E-state index in [1.165, 1.54) is 6.42 Å². The van der Waals surface area contributed by atoms with E-state index >= 15 is 0 Å². The average Bonchev–Trinajstić information content (AvgIpc) is 2.25. The van der Waals surface area contributed by atoms with Gasteiger partial charge in [0.15, 0.2) is 11.5 Å². The third kappa shape index (κ3) is 2.83. The molecule has 5 heteroatoms. The molecular formula is C12H16ClNO3. The molecule has 4 nitrogen and oxygen atoms in total. The van der Waals surface area contributed by atoms with Gasteiger partial charge in [0.25, 0.3) is 0 Å². The minimum absolute atomic E-state index is 0.252. The van der Waals surface area contributed by atoms with E-state index < -0.39 is 0 Å². The minimum Gasteiger partial charge on any atom is -0.493 e. The predicted octanol–water partition coefficient (Wildman–Crippen LogP) is 2.76. The number of nitrogens with one attached hydrogen (secondary N) is 1. The summed E-state index contributed by atoms with van der Waals surface area (Å²) in [6.07, 6.45) is 3.59. The summed E-state index contributed by atoms with van der Waals surface area (Å²) in [7, 11) is 1.58. The van der Waals surface area contributed by atoms with E-state index in [0.29, 0.717) is 16.5 Å². The van der Waals surface area contributed by atoms with Crippen LogP contribution in [-0.2, 0) is 6.54 Å². The predicted molar refractivity (Wildman–Crippen MR) is 64.9 cm³/mol. The number of halogens is 1. The summed E-state index contributed by atoms with van der Waals surface area (Å²) in [5.41, 5.74) is 2.91. The number of hydroxylamine groups is 1. The van der Waals surface area contributed by atoms with Gasteiger partial charge < -0.3 is 14.7 Å². The van der Waals surface area contributed by atoms with Gasteiger partial charge in [-0.2, -0.15) is 0 Å². The third-order valence-corrected chi connectivity index (χ3v) is 3.14. The molecule has 94 valence electrons. The number of rotatable bonds is 5. The maximum absolute atomic E-state index is 8.81. The molecule has 0 aromatic heterocycles. The molecule has 0 amide bonds. The molecule has 0 spiro atoms. The summed E-state index contributed by atoms with van der Waals surface area (Å²) in [6, 6.07) is 3.48. The molecule has 0 radical (unpaired) electrons. The molecule has 1 aliphatic carbocycles. The first kappa shape index (κ1) is 12.5. The second-order valence-corrected chi connectivity index (χ2v) is 4.54. The van der Waals surface area contributed by atoms with Gasteiger partial charge in [0.05, 0.1) is 13.2 Å². The summed E-state index contributed by atoms with van der Waals surface area (Å²) in [6.45, 7) is 0.277. The standard InChI is InChI=1S/C12H16ClNO3/c1-16-11-6-9(13)5-8(7-14-15)12(11)17-10-3-2-4-10/h5-6,10,14-15H,2-4,7H2,1H3. The van der Waals surface area contributed by atoms with E-state index in [1.54, 1.807) is 19.2 Å². The highest BCUT2D eigenvalue weighted by Gasteiger charge is 2.22. The molecule has 0 heterocycles. The van der Waals surface area contributed by atoms with Gasteiger partial charge >= 0.3 is 0 Å². The topological polar surface area (TPSA) is 50.7 Å². The quantitative estimate of drug-likeness (QED) is 0.797. The molecule has 2 N–H and O–H groups in total. The molecule has 0 saturated heterocycles. The molecule has 0 aliphatic heterocycles. The Labute approximate surface area is 105 Å². The van der Waals surface area contributed by atoms with Crippen molar-refractivity contribution in [2.24, 2.45) is 0 Å². The summed E-state index contributed by atoms with van der Waals surface area (Å²) >= 11 is 5.98. The molecule has 0 unspecified atom stereocenters. The molecule has 0 atom stereocenters. The molecule has 0 bridgehead atoms. The second-order valence-electron chi connectivity index (χ2n) is 4.10. The lowest BCUT2D eigenvalue weighted by atomic mass is 9.96. The highest BCUT2D eigenvalue weighted by molar-refractivity contribution is 6.30. The number of hydrogen-bond acceptors (Lipinski definition) is 4. The second kappa shape index (κ2) is 5.58. The van der Waals surface area contributed by atoms with E-state index in [1.807, 2.05) is 0 Å². The Kier molecular flexibility index (Phi) is 4.10. The van der Waals surface area contributed by atoms with Crippen LogP contribution in [0, 0.1) is 0 Å². The van der Waals surface area contributed by atoms with E-state index in [0.717, 1.165) is 18.4 Å². The zero-order valence-electron chi connectivity index (χ0n) is 9.70. The van der Waals surface area contributed by atoms with Crippen molar-refractivity contribution in [3.8, 4) is 11.5 Å². The van der Waals surface area contributed by atoms with E-state index in [4.69, 9.17) is 26.3 Å². The van der Waals surface area contributed by atoms with Gasteiger partial charge in [-0.3, -0.25) is 0 Å².